The molecule has 0 bridgehead atoms. The molecule has 1 aromatic carbocycles. The molecule has 0 atom stereocenters. The number of benzene rings is 1. The summed E-state index contributed by atoms with van der Waals surface area (Å²) in [4.78, 5) is 21.0. The number of carboxylic acids is 1. The van der Waals surface area contributed by atoms with E-state index < -0.39 is 5.97 Å². The summed E-state index contributed by atoms with van der Waals surface area (Å²) in [5, 5.41) is 9.24. The van der Waals surface area contributed by atoms with Crippen LogP contribution in [0.4, 0.5) is 0 Å². The predicted octanol–water partition coefficient (Wildman–Crippen LogP) is 2.31. The van der Waals surface area contributed by atoms with Gasteiger partial charge in [0.15, 0.2) is 11.5 Å². The fraction of sp³-hybridized carbons (Fsp3) is 0.286. The molecule has 5 nitrogen and oxygen atoms in total. The van der Waals surface area contributed by atoms with E-state index >= 15 is 0 Å². The average Bonchev–Trinajstić information content (AvgIpc) is 2.68. The second-order valence-electron chi connectivity index (χ2n) is 4.25. The second kappa shape index (κ2) is 5.14. The Hall–Kier alpha value is -2.30. The first kappa shape index (κ1) is 13.1. The molecule has 2 rings (SSSR count). The van der Waals surface area contributed by atoms with Crippen molar-refractivity contribution in [1.82, 2.24) is 9.71 Å². The first-order valence-electron chi connectivity index (χ1n) is 6.07. The Balaban J connectivity index is 2.59. The molecule has 0 spiro atoms. The lowest BCUT2D eigenvalue weighted by Crippen LogP contribution is -2.18. The Morgan fingerprint density at radius 1 is 1.32 bits per heavy atom. The molecule has 0 saturated heterocycles. The van der Waals surface area contributed by atoms with Gasteiger partial charge in [0.25, 0.3) is 0 Å². The monoisotopic (exact) mass is 260 g/mol. The number of aromatic carboxylic acids is 1. The summed E-state index contributed by atoms with van der Waals surface area (Å²) in [6.45, 7) is 5.83. The highest BCUT2D eigenvalue weighted by Gasteiger charge is 2.22. The van der Waals surface area contributed by atoms with Crippen molar-refractivity contribution in [3.63, 3.8) is 0 Å². The van der Waals surface area contributed by atoms with Gasteiger partial charge in [0.1, 0.15) is 6.61 Å². The largest absolute Gasteiger partial charge is 0.476 e. The van der Waals surface area contributed by atoms with Crippen LogP contribution in [-0.4, -0.2) is 27.4 Å². The molecule has 1 aromatic heterocycles. The van der Waals surface area contributed by atoms with Crippen LogP contribution in [0.2, 0.25) is 0 Å². The zero-order chi connectivity index (χ0) is 14.0. The highest BCUT2D eigenvalue weighted by atomic mass is 16.7. The first-order valence-corrected chi connectivity index (χ1v) is 6.07. The quantitative estimate of drug-likeness (QED) is 0.916. The minimum absolute atomic E-state index is 0.0671. The normalized spacial score (nSPS) is 10.5. The van der Waals surface area contributed by atoms with Gasteiger partial charge in [-0.15, -0.1) is 0 Å². The van der Waals surface area contributed by atoms with Crippen LogP contribution in [-0.2, 0) is 0 Å². The average molecular weight is 260 g/mol. The van der Waals surface area contributed by atoms with Crippen molar-refractivity contribution in [3.8, 4) is 11.4 Å². The summed E-state index contributed by atoms with van der Waals surface area (Å²) in [5.41, 5.74) is 2.47. The van der Waals surface area contributed by atoms with Gasteiger partial charge in [0.05, 0.1) is 5.69 Å². The van der Waals surface area contributed by atoms with Crippen molar-refractivity contribution >= 4 is 5.97 Å². The molecule has 0 amide bonds. The van der Waals surface area contributed by atoms with Gasteiger partial charge < -0.3 is 9.94 Å². The van der Waals surface area contributed by atoms with Gasteiger partial charge in [-0.2, -0.15) is 4.73 Å². The summed E-state index contributed by atoms with van der Waals surface area (Å²) in [6, 6.07) is 7.71. The molecule has 1 N–H and O–H groups in total. The SMILES string of the molecule is CCOn1c(-c2ccc(C)cc2)nc(C)c1C(=O)O. The van der Waals surface area contributed by atoms with E-state index in [2.05, 4.69) is 4.98 Å². The number of hydrogen-bond acceptors (Lipinski definition) is 3. The Morgan fingerprint density at radius 2 is 1.95 bits per heavy atom. The summed E-state index contributed by atoms with van der Waals surface area (Å²) >= 11 is 0. The van der Waals surface area contributed by atoms with E-state index in [-0.39, 0.29) is 5.69 Å². The zero-order valence-corrected chi connectivity index (χ0v) is 11.2. The third-order valence-corrected chi connectivity index (χ3v) is 2.78. The molecule has 0 radical (unpaired) electrons. The van der Waals surface area contributed by atoms with Crippen molar-refractivity contribution in [3.05, 3.63) is 41.2 Å². The second-order valence-corrected chi connectivity index (χ2v) is 4.25. The molecule has 0 aliphatic carbocycles. The number of aromatic nitrogens is 2. The van der Waals surface area contributed by atoms with E-state index in [1.54, 1.807) is 13.8 Å². The number of carboxylic acid groups (broad SMARTS) is 1. The van der Waals surface area contributed by atoms with Crippen molar-refractivity contribution in [1.29, 1.82) is 0 Å². The van der Waals surface area contributed by atoms with Crippen LogP contribution in [0.3, 0.4) is 0 Å². The maximum Gasteiger partial charge on any atom is 0.357 e. The smallest absolute Gasteiger partial charge is 0.357 e. The molecular formula is C14H16N2O3. The zero-order valence-electron chi connectivity index (χ0n) is 11.2. The number of imidazole rings is 1. The van der Waals surface area contributed by atoms with Crippen LogP contribution in [0.1, 0.15) is 28.7 Å². The van der Waals surface area contributed by atoms with Crippen LogP contribution in [0.15, 0.2) is 24.3 Å². The van der Waals surface area contributed by atoms with Gasteiger partial charge in [0.2, 0.25) is 0 Å². The molecule has 0 unspecified atom stereocenters. The molecule has 2 aromatic rings. The predicted molar refractivity (Wildman–Crippen MR) is 71.2 cm³/mol. The van der Waals surface area contributed by atoms with Gasteiger partial charge in [0, 0.05) is 5.56 Å². The van der Waals surface area contributed by atoms with Crippen LogP contribution < -0.4 is 4.84 Å². The van der Waals surface area contributed by atoms with Gasteiger partial charge in [-0.25, -0.2) is 9.78 Å². The molecule has 19 heavy (non-hydrogen) atoms. The first-order chi connectivity index (χ1) is 9.04. The number of nitrogens with zero attached hydrogens (tertiary/aromatic N) is 2. The fourth-order valence-corrected chi connectivity index (χ4v) is 1.89. The molecule has 100 valence electrons. The number of hydrogen-bond donors (Lipinski definition) is 1. The molecule has 1 heterocycles. The van der Waals surface area contributed by atoms with Crippen LogP contribution in [0.25, 0.3) is 11.4 Å². The van der Waals surface area contributed by atoms with Crippen molar-refractivity contribution < 1.29 is 14.7 Å². The standard InChI is InChI=1S/C14H16N2O3/c1-4-19-16-12(14(17)18)10(3)15-13(16)11-7-5-9(2)6-8-11/h5-8H,4H2,1-3H3,(H,17,18). The Kier molecular flexibility index (Phi) is 3.55. The summed E-state index contributed by atoms with van der Waals surface area (Å²) < 4.78 is 1.29. The minimum atomic E-state index is -1.04. The van der Waals surface area contributed by atoms with Crippen molar-refractivity contribution in [2.45, 2.75) is 20.8 Å². The van der Waals surface area contributed by atoms with E-state index in [0.29, 0.717) is 18.1 Å². The van der Waals surface area contributed by atoms with E-state index in [0.717, 1.165) is 11.1 Å². The van der Waals surface area contributed by atoms with Crippen LogP contribution in [0, 0.1) is 13.8 Å². The number of carbonyl (C=O) groups is 1. The van der Waals surface area contributed by atoms with E-state index in [4.69, 9.17) is 4.84 Å². The Labute approximate surface area is 111 Å². The van der Waals surface area contributed by atoms with E-state index in [1.165, 1.54) is 4.73 Å². The highest BCUT2D eigenvalue weighted by molar-refractivity contribution is 5.88. The fourth-order valence-electron chi connectivity index (χ4n) is 1.89. The lowest BCUT2D eigenvalue weighted by molar-refractivity contribution is 0.0611. The molecule has 0 aliphatic heterocycles. The molecule has 0 aliphatic rings. The van der Waals surface area contributed by atoms with E-state index in [1.807, 2.05) is 31.2 Å². The third-order valence-electron chi connectivity index (χ3n) is 2.78. The molecular weight excluding hydrogens is 244 g/mol. The Bertz CT molecular complexity index is 600. The van der Waals surface area contributed by atoms with E-state index in [9.17, 15) is 9.90 Å². The summed E-state index contributed by atoms with van der Waals surface area (Å²) in [5.74, 6) is -0.534. The minimum Gasteiger partial charge on any atom is -0.476 e. The topological polar surface area (TPSA) is 64.4 Å². The van der Waals surface area contributed by atoms with Crippen LogP contribution in [0.5, 0.6) is 0 Å². The van der Waals surface area contributed by atoms with Gasteiger partial charge in [-0.05, 0) is 20.8 Å². The van der Waals surface area contributed by atoms with Crippen LogP contribution >= 0.6 is 0 Å². The van der Waals surface area contributed by atoms with Crippen molar-refractivity contribution in [2.75, 3.05) is 6.61 Å². The third kappa shape index (κ3) is 2.45. The number of aryl methyl sites for hydroxylation is 2. The summed E-state index contributed by atoms with van der Waals surface area (Å²) in [7, 11) is 0. The van der Waals surface area contributed by atoms with Gasteiger partial charge in [-0.1, -0.05) is 29.8 Å². The van der Waals surface area contributed by atoms with Gasteiger partial charge in [-0.3, -0.25) is 0 Å². The Morgan fingerprint density at radius 3 is 2.47 bits per heavy atom. The molecule has 5 heteroatoms. The summed E-state index contributed by atoms with van der Waals surface area (Å²) in [6.07, 6.45) is 0. The van der Waals surface area contributed by atoms with Crippen molar-refractivity contribution in [2.24, 2.45) is 0 Å². The lowest BCUT2D eigenvalue weighted by Gasteiger charge is -2.10. The molecule has 0 saturated carbocycles. The van der Waals surface area contributed by atoms with Gasteiger partial charge >= 0.3 is 5.97 Å². The lowest BCUT2D eigenvalue weighted by atomic mass is 10.1. The molecule has 0 fully saturated rings. The maximum absolute atomic E-state index is 11.3. The number of rotatable bonds is 4. The maximum atomic E-state index is 11.3. The highest BCUT2D eigenvalue weighted by Crippen LogP contribution is 2.22.